The van der Waals surface area contributed by atoms with E-state index in [1.807, 2.05) is 77.4 Å². The number of fused-ring (bicyclic) bond motifs is 1. The van der Waals surface area contributed by atoms with E-state index in [0.29, 0.717) is 16.2 Å². The predicted molar refractivity (Wildman–Crippen MR) is 97.8 cm³/mol. The molecule has 0 aliphatic carbocycles. The molecule has 0 aliphatic rings. The fourth-order valence-corrected chi connectivity index (χ4v) is 2.93. The molecule has 0 saturated heterocycles. The molecule has 0 saturated carbocycles. The molecule has 0 fully saturated rings. The Labute approximate surface area is 143 Å². The van der Waals surface area contributed by atoms with Crippen molar-refractivity contribution in [3.8, 4) is 17.1 Å². The van der Waals surface area contributed by atoms with Crippen LogP contribution in [0.5, 0.6) is 0 Å². The summed E-state index contributed by atoms with van der Waals surface area (Å²) in [6.45, 7) is 0. The zero-order valence-electron chi connectivity index (χ0n) is 12.7. The molecule has 0 unspecified atom stereocenters. The Hall–Kier alpha value is -2.91. The van der Waals surface area contributed by atoms with Crippen LogP contribution in [0.4, 0.5) is 0 Å². The molecule has 0 spiro atoms. The highest BCUT2D eigenvalue weighted by atomic mass is 35.5. The van der Waals surface area contributed by atoms with Gasteiger partial charge in [0, 0.05) is 16.3 Å². The van der Waals surface area contributed by atoms with Crippen molar-refractivity contribution in [2.45, 2.75) is 0 Å². The van der Waals surface area contributed by atoms with Crippen molar-refractivity contribution >= 4 is 22.5 Å². The Morgan fingerprint density at radius 3 is 2.21 bits per heavy atom. The number of hydrogen-bond donors (Lipinski definition) is 0. The van der Waals surface area contributed by atoms with Crippen LogP contribution in [0.2, 0.25) is 5.02 Å². The first kappa shape index (κ1) is 14.7. The molecule has 4 rings (SSSR count). The van der Waals surface area contributed by atoms with E-state index in [1.54, 1.807) is 6.07 Å². The van der Waals surface area contributed by atoms with Gasteiger partial charge in [0.1, 0.15) is 5.82 Å². The summed E-state index contributed by atoms with van der Waals surface area (Å²) in [5.74, 6) is 0.613. The highest BCUT2D eigenvalue weighted by molar-refractivity contribution is 6.30. The van der Waals surface area contributed by atoms with E-state index in [0.717, 1.165) is 16.8 Å². The summed E-state index contributed by atoms with van der Waals surface area (Å²) in [5.41, 5.74) is 2.38. The highest BCUT2D eigenvalue weighted by Crippen LogP contribution is 2.25. The lowest BCUT2D eigenvalue weighted by molar-refractivity contribution is 1.03. The smallest absolute Gasteiger partial charge is 0.281 e. The normalized spacial score (nSPS) is 10.9. The average molecular weight is 333 g/mol. The SMILES string of the molecule is O=c1nc(-c2ccccc2)n(-c2ccc(Cl)cc2)c2ccccc12. The van der Waals surface area contributed by atoms with Gasteiger partial charge in [-0.15, -0.1) is 0 Å². The molecule has 1 aromatic heterocycles. The largest absolute Gasteiger partial charge is 0.294 e. The van der Waals surface area contributed by atoms with Crippen LogP contribution in [0.1, 0.15) is 0 Å². The van der Waals surface area contributed by atoms with Gasteiger partial charge < -0.3 is 0 Å². The van der Waals surface area contributed by atoms with Crippen LogP contribution in [0.25, 0.3) is 28.0 Å². The minimum Gasteiger partial charge on any atom is -0.294 e. The number of aromatic nitrogens is 2. The molecule has 0 amide bonds. The summed E-state index contributed by atoms with van der Waals surface area (Å²) < 4.78 is 1.99. The van der Waals surface area contributed by atoms with Crippen molar-refractivity contribution in [2.75, 3.05) is 0 Å². The van der Waals surface area contributed by atoms with Crippen LogP contribution in [0, 0.1) is 0 Å². The fraction of sp³-hybridized carbons (Fsp3) is 0. The molecule has 1 heterocycles. The van der Waals surface area contributed by atoms with E-state index in [1.165, 1.54) is 0 Å². The third-order valence-corrected chi connectivity index (χ3v) is 4.16. The molecule has 0 bridgehead atoms. The van der Waals surface area contributed by atoms with E-state index in [4.69, 9.17) is 11.6 Å². The number of benzene rings is 3. The summed E-state index contributed by atoms with van der Waals surface area (Å²) in [7, 11) is 0. The Morgan fingerprint density at radius 1 is 0.792 bits per heavy atom. The number of para-hydroxylation sites is 1. The maximum Gasteiger partial charge on any atom is 0.281 e. The molecule has 3 aromatic carbocycles. The molecule has 0 atom stereocenters. The van der Waals surface area contributed by atoms with Gasteiger partial charge in [0.15, 0.2) is 0 Å². The van der Waals surface area contributed by atoms with Gasteiger partial charge in [0.25, 0.3) is 5.56 Å². The van der Waals surface area contributed by atoms with E-state index >= 15 is 0 Å². The van der Waals surface area contributed by atoms with Crippen molar-refractivity contribution < 1.29 is 0 Å². The van der Waals surface area contributed by atoms with E-state index < -0.39 is 0 Å². The predicted octanol–water partition coefficient (Wildman–Crippen LogP) is 4.71. The van der Waals surface area contributed by atoms with Crippen LogP contribution in [0.15, 0.2) is 83.7 Å². The molecular formula is C20H13ClN2O. The second kappa shape index (κ2) is 5.95. The summed E-state index contributed by atoms with van der Waals surface area (Å²) in [6.07, 6.45) is 0. The van der Waals surface area contributed by atoms with Crippen molar-refractivity contribution in [1.29, 1.82) is 0 Å². The van der Waals surface area contributed by atoms with Gasteiger partial charge in [-0.1, -0.05) is 54.1 Å². The Balaban J connectivity index is 2.13. The number of hydrogen-bond acceptors (Lipinski definition) is 2. The molecule has 4 heteroatoms. The van der Waals surface area contributed by atoms with Crippen LogP contribution in [0.3, 0.4) is 0 Å². The van der Waals surface area contributed by atoms with Gasteiger partial charge in [-0.2, -0.15) is 4.98 Å². The van der Waals surface area contributed by atoms with Crippen molar-refractivity contribution in [2.24, 2.45) is 0 Å². The molecule has 4 aromatic rings. The topological polar surface area (TPSA) is 34.9 Å². The van der Waals surface area contributed by atoms with Gasteiger partial charge in [-0.3, -0.25) is 9.36 Å². The Kier molecular flexibility index (Phi) is 3.63. The molecule has 24 heavy (non-hydrogen) atoms. The van der Waals surface area contributed by atoms with Crippen molar-refractivity contribution in [3.63, 3.8) is 0 Å². The molecular weight excluding hydrogens is 320 g/mol. The van der Waals surface area contributed by atoms with Crippen LogP contribution in [-0.4, -0.2) is 9.55 Å². The first-order valence-electron chi connectivity index (χ1n) is 7.57. The lowest BCUT2D eigenvalue weighted by atomic mass is 10.1. The summed E-state index contributed by atoms with van der Waals surface area (Å²) in [4.78, 5) is 16.8. The number of halogens is 1. The zero-order chi connectivity index (χ0) is 16.5. The van der Waals surface area contributed by atoms with E-state index in [-0.39, 0.29) is 5.56 Å². The molecule has 3 nitrogen and oxygen atoms in total. The molecule has 0 aliphatic heterocycles. The Bertz CT molecular complexity index is 1070. The molecule has 0 radical (unpaired) electrons. The minimum atomic E-state index is -0.227. The maximum absolute atomic E-state index is 12.5. The van der Waals surface area contributed by atoms with Crippen LogP contribution >= 0.6 is 11.6 Å². The lowest BCUT2D eigenvalue weighted by Gasteiger charge is -2.16. The number of nitrogens with zero attached hydrogens (tertiary/aromatic N) is 2. The molecule has 0 N–H and O–H groups in total. The van der Waals surface area contributed by atoms with Crippen molar-refractivity contribution in [1.82, 2.24) is 9.55 Å². The van der Waals surface area contributed by atoms with E-state index in [9.17, 15) is 4.79 Å². The van der Waals surface area contributed by atoms with E-state index in [2.05, 4.69) is 4.98 Å². The first-order valence-corrected chi connectivity index (χ1v) is 7.95. The maximum atomic E-state index is 12.5. The fourth-order valence-electron chi connectivity index (χ4n) is 2.80. The van der Waals surface area contributed by atoms with Gasteiger partial charge in [0.05, 0.1) is 10.9 Å². The minimum absolute atomic E-state index is 0.227. The van der Waals surface area contributed by atoms with Gasteiger partial charge in [-0.25, -0.2) is 0 Å². The Morgan fingerprint density at radius 2 is 1.46 bits per heavy atom. The third kappa shape index (κ3) is 2.49. The zero-order valence-corrected chi connectivity index (χ0v) is 13.4. The standard InChI is InChI=1S/C20H13ClN2O/c21-15-10-12-16(13-11-15)23-18-9-5-4-8-17(18)20(24)22-19(23)14-6-2-1-3-7-14/h1-13H. The monoisotopic (exact) mass is 332 g/mol. The second-order valence-electron chi connectivity index (χ2n) is 5.44. The lowest BCUT2D eigenvalue weighted by Crippen LogP contribution is -2.15. The van der Waals surface area contributed by atoms with Crippen LogP contribution in [-0.2, 0) is 0 Å². The van der Waals surface area contributed by atoms with Crippen LogP contribution < -0.4 is 5.56 Å². The third-order valence-electron chi connectivity index (χ3n) is 3.91. The summed E-state index contributed by atoms with van der Waals surface area (Å²) >= 11 is 6.02. The first-order chi connectivity index (χ1) is 11.7. The second-order valence-corrected chi connectivity index (χ2v) is 5.87. The average Bonchev–Trinajstić information content (AvgIpc) is 2.63. The molecule has 116 valence electrons. The van der Waals surface area contributed by atoms with Crippen molar-refractivity contribution in [3.05, 3.63) is 94.2 Å². The quantitative estimate of drug-likeness (QED) is 0.533. The highest BCUT2D eigenvalue weighted by Gasteiger charge is 2.13. The summed E-state index contributed by atoms with van der Waals surface area (Å²) in [6, 6.07) is 24.7. The number of rotatable bonds is 2. The van der Waals surface area contributed by atoms with Gasteiger partial charge in [-0.05, 0) is 36.4 Å². The summed E-state index contributed by atoms with van der Waals surface area (Å²) in [5, 5.41) is 1.26. The van der Waals surface area contributed by atoms with Gasteiger partial charge in [0.2, 0.25) is 0 Å². The van der Waals surface area contributed by atoms with Gasteiger partial charge >= 0.3 is 0 Å².